The van der Waals surface area contributed by atoms with Gasteiger partial charge < -0.3 is 5.32 Å². The lowest BCUT2D eigenvalue weighted by Gasteiger charge is -2.40. The minimum atomic E-state index is 0.271. The van der Waals surface area contributed by atoms with E-state index in [1.807, 2.05) is 12.1 Å². The van der Waals surface area contributed by atoms with Gasteiger partial charge in [0.2, 0.25) is 0 Å². The van der Waals surface area contributed by atoms with E-state index in [1.165, 1.54) is 25.2 Å². The summed E-state index contributed by atoms with van der Waals surface area (Å²) in [4.78, 5) is 2.67. The molecule has 2 fully saturated rings. The van der Waals surface area contributed by atoms with Crippen LogP contribution in [0.3, 0.4) is 0 Å². The molecule has 2 nitrogen and oxygen atoms in total. The van der Waals surface area contributed by atoms with Crippen LogP contribution in [0.1, 0.15) is 32.4 Å². The van der Waals surface area contributed by atoms with Crippen molar-refractivity contribution in [3.8, 4) is 0 Å². The zero-order valence-corrected chi connectivity index (χ0v) is 12.7. The highest BCUT2D eigenvalue weighted by Gasteiger charge is 2.50. The Morgan fingerprint density at radius 1 is 1.26 bits per heavy atom. The van der Waals surface area contributed by atoms with Crippen molar-refractivity contribution in [3.63, 3.8) is 0 Å². The zero-order chi connectivity index (χ0) is 13.6. The number of hydrogen-bond acceptors (Lipinski definition) is 2. The van der Waals surface area contributed by atoms with Gasteiger partial charge in [-0.2, -0.15) is 0 Å². The molecule has 0 amide bonds. The van der Waals surface area contributed by atoms with Crippen LogP contribution in [0.4, 0.5) is 0 Å². The van der Waals surface area contributed by atoms with Gasteiger partial charge in [-0.3, -0.25) is 4.90 Å². The molecule has 19 heavy (non-hydrogen) atoms. The highest BCUT2D eigenvalue weighted by molar-refractivity contribution is 6.30. The van der Waals surface area contributed by atoms with Gasteiger partial charge in [0.15, 0.2) is 0 Å². The predicted molar refractivity (Wildman–Crippen MR) is 80.5 cm³/mol. The van der Waals surface area contributed by atoms with E-state index in [2.05, 4.69) is 43.1 Å². The molecule has 3 atom stereocenters. The number of fused-ring (bicyclic) bond motifs is 1. The fourth-order valence-corrected chi connectivity index (χ4v) is 4.16. The molecular weight excluding hydrogens is 256 g/mol. The Morgan fingerprint density at radius 2 is 1.95 bits per heavy atom. The Morgan fingerprint density at radius 3 is 2.58 bits per heavy atom. The summed E-state index contributed by atoms with van der Waals surface area (Å²) >= 11 is 5.99. The van der Waals surface area contributed by atoms with E-state index in [0.717, 1.165) is 16.9 Å². The molecule has 2 saturated heterocycles. The molecule has 0 bridgehead atoms. The van der Waals surface area contributed by atoms with Gasteiger partial charge in [0.05, 0.1) is 0 Å². The minimum absolute atomic E-state index is 0.271. The molecular formula is C16H23ClN2. The molecule has 1 aromatic rings. The van der Waals surface area contributed by atoms with E-state index in [9.17, 15) is 0 Å². The monoisotopic (exact) mass is 278 g/mol. The normalized spacial score (nSPS) is 31.4. The fourth-order valence-electron chi connectivity index (χ4n) is 4.03. The molecule has 1 N–H and O–H groups in total. The third-order valence-corrected chi connectivity index (χ3v) is 5.49. The smallest absolute Gasteiger partial charge is 0.0406 e. The highest BCUT2D eigenvalue weighted by Crippen LogP contribution is 2.44. The summed E-state index contributed by atoms with van der Waals surface area (Å²) in [5, 5.41) is 4.36. The van der Waals surface area contributed by atoms with Crippen LogP contribution in [0.2, 0.25) is 5.02 Å². The Kier molecular flexibility index (Phi) is 3.36. The molecule has 2 heterocycles. The predicted octanol–water partition coefficient (Wildman–Crippen LogP) is 3.33. The van der Waals surface area contributed by atoms with Gasteiger partial charge in [0.25, 0.3) is 0 Å². The van der Waals surface area contributed by atoms with Crippen molar-refractivity contribution in [1.82, 2.24) is 10.2 Å². The number of hydrogen-bond donors (Lipinski definition) is 1. The van der Waals surface area contributed by atoms with Crippen molar-refractivity contribution in [2.45, 2.75) is 32.4 Å². The quantitative estimate of drug-likeness (QED) is 0.893. The SMILES string of the molecule is CC(c1ccc(Cl)cc1)N1CC2CNCC2C1(C)C. The van der Waals surface area contributed by atoms with Gasteiger partial charge in [-0.1, -0.05) is 23.7 Å². The van der Waals surface area contributed by atoms with Gasteiger partial charge in [0, 0.05) is 29.7 Å². The lowest BCUT2D eigenvalue weighted by Crippen LogP contribution is -2.45. The summed E-state index contributed by atoms with van der Waals surface area (Å²) in [6, 6.07) is 8.78. The number of likely N-dealkylation sites (tertiary alicyclic amines) is 1. The van der Waals surface area contributed by atoms with E-state index in [-0.39, 0.29) is 5.54 Å². The first kappa shape index (κ1) is 13.4. The van der Waals surface area contributed by atoms with Crippen LogP contribution in [0, 0.1) is 11.8 Å². The van der Waals surface area contributed by atoms with Crippen molar-refractivity contribution >= 4 is 11.6 Å². The summed E-state index contributed by atoms with van der Waals surface area (Å²) < 4.78 is 0. The lowest BCUT2D eigenvalue weighted by atomic mass is 9.84. The van der Waals surface area contributed by atoms with Crippen molar-refractivity contribution in [1.29, 1.82) is 0 Å². The largest absolute Gasteiger partial charge is 0.316 e. The van der Waals surface area contributed by atoms with Gasteiger partial charge in [-0.15, -0.1) is 0 Å². The van der Waals surface area contributed by atoms with Crippen molar-refractivity contribution in [3.05, 3.63) is 34.9 Å². The van der Waals surface area contributed by atoms with Crippen LogP contribution in [0.25, 0.3) is 0 Å². The van der Waals surface area contributed by atoms with Crippen molar-refractivity contribution < 1.29 is 0 Å². The molecule has 104 valence electrons. The zero-order valence-electron chi connectivity index (χ0n) is 12.0. The lowest BCUT2D eigenvalue weighted by molar-refractivity contribution is 0.0971. The Labute approximate surface area is 121 Å². The molecule has 0 aromatic heterocycles. The van der Waals surface area contributed by atoms with Gasteiger partial charge >= 0.3 is 0 Å². The van der Waals surface area contributed by atoms with Crippen molar-refractivity contribution in [2.24, 2.45) is 11.8 Å². The molecule has 3 unspecified atom stereocenters. The summed E-state index contributed by atoms with van der Waals surface area (Å²) in [6.45, 7) is 10.7. The van der Waals surface area contributed by atoms with Crippen LogP contribution >= 0.6 is 11.6 Å². The molecule has 0 aliphatic carbocycles. The minimum Gasteiger partial charge on any atom is -0.316 e. The molecule has 2 aliphatic heterocycles. The molecule has 0 saturated carbocycles. The topological polar surface area (TPSA) is 15.3 Å². The summed E-state index contributed by atoms with van der Waals surface area (Å²) in [6.07, 6.45) is 0. The van der Waals surface area contributed by atoms with Gasteiger partial charge in [0.1, 0.15) is 0 Å². The third kappa shape index (κ3) is 2.20. The molecule has 3 rings (SSSR count). The summed E-state index contributed by atoms with van der Waals surface area (Å²) in [5.41, 5.74) is 1.64. The molecule has 1 aromatic carbocycles. The Bertz CT molecular complexity index is 454. The maximum absolute atomic E-state index is 5.99. The number of nitrogens with zero attached hydrogens (tertiary/aromatic N) is 1. The second kappa shape index (κ2) is 4.76. The fraction of sp³-hybridized carbons (Fsp3) is 0.625. The van der Waals surface area contributed by atoms with Gasteiger partial charge in [-0.05, 0) is 56.8 Å². The van der Waals surface area contributed by atoms with Crippen LogP contribution in [-0.4, -0.2) is 30.1 Å². The van der Waals surface area contributed by atoms with E-state index in [0.29, 0.717) is 6.04 Å². The van der Waals surface area contributed by atoms with Crippen LogP contribution in [0.15, 0.2) is 24.3 Å². The number of nitrogens with one attached hydrogen (secondary N) is 1. The van der Waals surface area contributed by atoms with Crippen LogP contribution in [-0.2, 0) is 0 Å². The van der Waals surface area contributed by atoms with E-state index >= 15 is 0 Å². The maximum atomic E-state index is 5.99. The number of rotatable bonds is 2. The average Bonchev–Trinajstić information content (AvgIpc) is 2.92. The maximum Gasteiger partial charge on any atom is 0.0406 e. The first-order chi connectivity index (χ1) is 9.00. The summed E-state index contributed by atoms with van der Waals surface area (Å²) in [5.74, 6) is 1.59. The first-order valence-corrected chi connectivity index (χ1v) is 7.61. The molecule has 0 radical (unpaired) electrons. The highest BCUT2D eigenvalue weighted by atomic mass is 35.5. The number of benzene rings is 1. The first-order valence-electron chi connectivity index (χ1n) is 7.23. The Hall–Kier alpha value is -0.570. The van der Waals surface area contributed by atoms with Crippen LogP contribution in [0.5, 0.6) is 0 Å². The van der Waals surface area contributed by atoms with E-state index < -0.39 is 0 Å². The molecule has 3 heteroatoms. The summed E-state index contributed by atoms with van der Waals surface area (Å²) in [7, 11) is 0. The molecule has 2 aliphatic rings. The number of halogens is 1. The average molecular weight is 279 g/mol. The van der Waals surface area contributed by atoms with Crippen LogP contribution < -0.4 is 5.32 Å². The Balaban J connectivity index is 1.84. The van der Waals surface area contributed by atoms with E-state index in [4.69, 9.17) is 11.6 Å². The standard InChI is InChI=1S/C16H23ClN2/c1-11(12-4-6-14(17)7-5-12)19-10-13-8-18-9-15(13)16(19,2)3/h4-7,11,13,15,18H,8-10H2,1-3H3. The third-order valence-electron chi connectivity index (χ3n) is 5.24. The molecule has 0 spiro atoms. The van der Waals surface area contributed by atoms with Crippen molar-refractivity contribution in [2.75, 3.05) is 19.6 Å². The second-order valence-electron chi connectivity index (χ2n) is 6.56. The van der Waals surface area contributed by atoms with E-state index in [1.54, 1.807) is 0 Å². The second-order valence-corrected chi connectivity index (χ2v) is 6.99. The van der Waals surface area contributed by atoms with Gasteiger partial charge in [-0.25, -0.2) is 0 Å².